The lowest BCUT2D eigenvalue weighted by molar-refractivity contribution is -0.137. The molecule has 2 aromatic rings. The summed E-state index contributed by atoms with van der Waals surface area (Å²) in [5.74, 6) is -0.906. The number of carbonyl (C=O) groups excluding carboxylic acids is 1. The zero-order valence-electron chi connectivity index (χ0n) is 18.5. The molecule has 2 aromatic carbocycles. The first-order valence-corrected chi connectivity index (χ1v) is 10.3. The number of benzene rings is 2. The molecule has 1 atom stereocenters. The van der Waals surface area contributed by atoms with Crippen molar-refractivity contribution in [3.8, 4) is 6.07 Å². The zero-order chi connectivity index (χ0) is 24.9. The third-order valence-corrected chi connectivity index (χ3v) is 5.35. The number of amides is 1. The van der Waals surface area contributed by atoms with Crippen LogP contribution in [0.1, 0.15) is 39.4 Å². The summed E-state index contributed by atoms with van der Waals surface area (Å²) >= 11 is 0. The highest BCUT2D eigenvalue weighted by atomic mass is 19.4. The fraction of sp³-hybridized carbons (Fsp3) is 0.200. The highest BCUT2D eigenvalue weighted by molar-refractivity contribution is 6.04. The van der Waals surface area contributed by atoms with Crippen LogP contribution in [0.25, 0.3) is 0 Å². The van der Waals surface area contributed by atoms with Crippen molar-refractivity contribution in [1.29, 1.82) is 10.7 Å². The van der Waals surface area contributed by atoms with Crippen LogP contribution in [-0.2, 0) is 6.18 Å². The molecular formula is C25H22F3N5O. The maximum absolute atomic E-state index is 13.0. The van der Waals surface area contributed by atoms with Crippen molar-refractivity contribution in [3.63, 3.8) is 0 Å². The van der Waals surface area contributed by atoms with E-state index >= 15 is 0 Å². The van der Waals surface area contributed by atoms with Gasteiger partial charge in [-0.05, 0) is 54.8 Å². The lowest BCUT2D eigenvalue weighted by Gasteiger charge is -2.21. The molecule has 0 saturated carbocycles. The predicted molar refractivity (Wildman–Crippen MR) is 125 cm³/mol. The van der Waals surface area contributed by atoms with Crippen LogP contribution in [0.2, 0.25) is 0 Å². The van der Waals surface area contributed by atoms with Gasteiger partial charge in [-0.15, -0.1) is 0 Å². The van der Waals surface area contributed by atoms with Crippen LogP contribution in [-0.4, -0.2) is 25.4 Å². The van der Waals surface area contributed by atoms with Crippen molar-refractivity contribution in [1.82, 2.24) is 5.32 Å². The van der Waals surface area contributed by atoms with Gasteiger partial charge < -0.3 is 16.0 Å². The standard InChI is InChI=1S/C25H22F3N5O/c1-15-6-7-21(33-24(34)16-4-3-5-20(9-16)25(26,27)28)10-22(15)18-8-17(11-29)23(32-14-18)19(12-30)13-31-2/h3-7,9-10,12-14,18,30-31H,8H2,1-2H3,(H,33,34)/b19-13+,30-12?. The van der Waals surface area contributed by atoms with Gasteiger partial charge in [0.2, 0.25) is 0 Å². The second-order valence-corrected chi connectivity index (χ2v) is 7.66. The molecule has 1 aliphatic rings. The number of aryl methyl sites for hydroxylation is 1. The fourth-order valence-electron chi connectivity index (χ4n) is 3.64. The maximum atomic E-state index is 13.0. The van der Waals surface area contributed by atoms with Crippen molar-refractivity contribution >= 4 is 24.0 Å². The SMILES string of the molecule is CN/C=C(\C=N)C1=C(C#N)CC(c2cc(NC(=O)c3cccc(C(F)(F)F)c3)ccc2C)C=N1. The molecule has 0 saturated heterocycles. The molecule has 1 aliphatic heterocycles. The number of anilines is 1. The molecule has 174 valence electrons. The summed E-state index contributed by atoms with van der Waals surface area (Å²) in [5, 5.41) is 22.7. The van der Waals surface area contributed by atoms with Crippen molar-refractivity contribution in [2.24, 2.45) is 4.99 Å². The summed E-state index contributed by atoms with van der Waals surface area (Å²) < 4.78 is 38.9. The van der Waals surface area contributed by atoms with Gasteiger partial charge in [-0.2, -0.15) is 18.4 Å². The van der Waals surface area contributed by atoms with Crippen LogP contribution in [0.15, 0.2) is 70.5 Å². The van der Waals surface area contributed by atoms with Gasteiger partial charge in [0.25, 0.3) is 5.91 Å². The first-order chi connectivity index (χ1) is 16.2. The van der Waals surface area contributed by atoms with E-state index in [9.17, 15) is 23.2 Å². The Morgan fingerprint density at radius 2 is 2.03 bits per heavy atom. The molecule has 0 aliphatic carbocycles. The quantitative estimate of drug-likeness (QED) is 0.501. The molecule has 1 unspecified atom stereocenters. The number of nitriles is 1. The molecule has 3 N–H and O–H groups in total. The maximum Gasteiger partial charge on any atom is 0.416 e. The number of alkyl halides is 3. The van der Waals surface area contributed by atoms with Crippen LogP contribution in [0.4, 0.5) is 18.9 Å². The number of aliphatic imine (C=N–C) groups is 1. The molecule has 34 heavy (non-hydrogen) atoms. The highest BCUT2D eigenvalue weighted by Gasteiger charge is 2.31. The van der Waals surface area contributed by atoms with Gasteiger partial charge in [0, 0.05) is 48.4 Å². The molecule has 1 amide bonds. The second kappa shape index (κ2) is 10.2. The molecule has 0 radical (unpaired) electrons. The van der Waals surface area contributed by atoms with E-state index in [1.54, 1.807) is 37.7 Å². The Morgan fingerprint density at radius 3 is 2.68 bits per heavy atom. The molecular weight excluding hydrogens is 443 g/mol. The van der Waals surface area contributed by atoms with Crippen LogP contribution in [0, 0.1) is 23.7 Å². The highest BCUT2D eigenvalue weighted by Crippen LogP contribution is 2.34. The third kappa shape index (κ3) is 5.41. The Bertz CT molecular complexity index is 1250. The van der Waals surface area contributed by atoms with Gasteiger partial charge in [-0.3, -0.25) is 9.79 Å². The van der Waals surface area contributed by atoms with Gasteiger partial charge in [0.05, 0.1) is 22.9 Å². The topological polar surface area (TPSA) is 101 Å². The predicted octanol–water partition coefficient (Wildman–Crippen LogP) is 5.35. The number of hydrogen-bond acceptors (Lipinski definition) is 5. The second-order valence-electron chi connectivity index (χ2n) is 7.66. The molecule has 6 nitrogen and oxygen atoms in total. The van der Waals surface area contributed by atoms with Gasteiger partial charge in [-0.1, -0.05) is 12.1 Å². The Morgan fingerprint density at radius 1 is 1.26 bits per heavy atom. The number of carbonyl (C=O) groups is 1. The monoisotopic (exact) mass is 465 g/mol. The van der Waals surface area contributed by atoms with E-state index in [0.717, 1.165) is 29.5 Å². The summed E-state index contributed by atoms with van der Waals surface area (Å²) in [4.78, 5) is 17.0. The van der Waals surface area contributed by atoms with Crippen molar-refractivity contribution in [3.05, 3.63) is 87.8 Å². The van der Waals surface area contributed by atoms with Crippen LogP contribution in [0.3, 0.4) is 0 Å². The molecule has 0 fully saturated rings. The molecule has 0 spiro atoms. The lowest BCUT2D eigenvalue weighted by atomic mass is 9.87. The molecule has 9 heteroatoms. The van der Waals surface area contributed by atoms with E-state index in [0.29, 0.717) is 29.0 Å². The van der Waals surface area contributed by atoms with E-state index in [2.05, 4.69) is 21.7 Å². The van der Waals surface area contributed by atoms with Crippen LogP contribution >= 0.6 is 0 Å². The van der Waals surface area contributed by atoms with E-state index in [1.807, 2.05) is 6.92 Å². The molecule has 0 aromatic heterocycles. The van der Waals surface area contributed by atoms with E-state index in [1.165, 1.54) is 12.1 Å². The lowest BCUT2D eigenvalue weighted by Crippen LogP contribution is -2.15. The van der Waals surface area contributed by atoms with E-state index < -0.39 is 17.6 Å². The summed E-state index contributed by atoms with van der Waals surface area (Å²) in [6.07, 6.45) is 0.223. The number of nitrogens with one attached hydrogen (secondary N) is 3. The fourth-order valence-corrected chi connectivity index (χ4v) is 3.64. The van der Waals surface area contributed by atoms with Gasteiger partial charge in [0.1, 0.15) is 0 Å². The van der Waals surface area contributed by atoms with Crippen LogP contribution < -0.4 is 10.6 Å². The minimum absolute atomic E-state index is 0.106. The Balaban J connectivity index is 1.86. The number of halogens is 3. The van der Waals surface area contributed by atoms with E-state index in [-0.39, 0.29) is 11.5 Å². The average molecular weight is 465 g/mol. The van der Waals surface area contributed by atoms with Crippen molar-refractivity contribution in [2.75, 3.05) is 12.4 Å². The number of allylic oxidation sites excluding steroid dienone is 2. The van der Waals surface area contributed by atoms with Crippen LogP contribution in [0.5, 0.6) is 0 Å². The van der Waals surface area contributed by atoms with Crippen molar-refractivity contribution < 1.29 is 18.0 Å². The molecule has 3 rings (SSSR count). The van der Waals surface area contributed by atoms with E-state index in [4.69, 9.17) is 5.41 Å². The van der Waals surface area contributed by atoms with Crippen molar-refractivity contribution in [2.45, 2.75) is 25.4 Å². The smallest absolute Gasteiger partial charge is 0.393 e. The minimum atomic E-state index is -4.54. The normalized spacial score (nSPS) is 16.1. The first-order valence-electron chi connectivity index (χ1n) is 10.3. The number of nitrogens with zero attached hydrogens (tertiary/aromatic N) is 2. The first kappa shape index (κ1) is 24.5. The van der Waals surface area contributed by atoms with Gasteiger partial charge in [-0.25, -0.2) is 0 Å². The Hall–Kier alpha value is -4.19. The van der Waals surface area contributed by atoms with Gasteiger partial charge in [0.15, 0.2) is 0 Å². The van der Waals surface area contributed by atoms with Gasteiger partial charge >= 0.3 is 6.18 Å². The summed E-state index contributed by atoms with van der Waals surface area (Å²) in [7, 11) is 1.69. The Kier molecular flexibility index (Phi) is 7.31. The summed E-state index contributed by atoms with van der Waals surface area (Å²) in [5.41, 5.74) is 2.48. The minimum Gasteiger partial charge on any atom is -0.393 e. The zero-order valence-corrected chi connectivity index (χ0v) is 18.5. The summed E-state index contributed by atoms with van der Waals surface area (Å²) in [6.45, 7) is 1.89. The average Bonchev–Trinajstić information content (AvgIpc) is 2.83. The number of hydrogen-bond donors (Lipinski definition) is 3. The third-order valence-electron chi connectivity index (χ3n) is 5.35. The Labute approximate surface area is 195 Å². The molecule has 0 bridgehead atoms. The summed E-state index contributed by atoms with van der Waals surface area (Å²) in [6, 6.07) is 11.6. The number of rotatable bonds is 6. The largest absolute Gasteiger partial charge is 0.416 e. The molecule has 1 heterocycles.